The molecular weight excluding hydrogens is 302 g/mol. The fraction of sp³-hybridized carbons (Fsp3) is 0.737. The molecule has 1 atom stereocenters. The van der Waals surface area contributed by atoms with Crippen LogP contribution < -0.4 is 5.32 Å². The van der Waals surface area contributed by atoms with Crippen LogP contribution in [0.1, 0.15) is 38.4 Å². The van der Waals surface area contributed by atoms with E-state index in [1.807, 2.05) is 12.1 Å². The van der Waals surface area contributed by atoms with Gasteiger partial charge in [-0.25, -0.2) is 0 Å². The Kier molecular flexibility index (Phi) is 5.61. The Morgan fingerprint density at radius 1 is 1.42 bits per heavy atom. The molecule has 0 aliphatic carbocycles. The van der Waals surface area contributed by atoms with Crippen molar-refractivity contribution < 1.29 is 9.21 Å². The predicted octanol–water partition coefficient (Wildman–Crippen LogP) is 2.13. The van der Waals surface area contributed by atoms with Gasteiger partial charge in [0, 0.05) is 19.5 Å². The Bertz CT molecular complexity index is 521. The minimum Gasteiger partial charge on any atom is -0.469 e. The molecule has 2 saturated heterocycles. The second kappa shape index (κ2) is 7.70. The van der Waals surface area contributed by atoms with E-state index in [0.717, 1.165) is 51.2 Å². The summed E-state index contributed by atoms with van der Waals surface area (Å²) >= 11 is 0. The third kappa shape index (κ3) is 4.01. The Hall–Kier alpha value is -1.33. The maximum Gasteiger partial charge on any atom is 0.237 e. The van der Waals surface area contributed by atoms with Gasteiger partial charge in [-0.2, -0.15) is 0 Å². The fourth-order valence-electron chi connectivity index (χ4n) is 4.26. The van der Waals surface area contributed by atoms with E-state index in [0.29, 0.717) is 12.0 Å². The van der Waals surface area contributed by atoms with Crippen molar-refractivity contribution in [1.82, 2.24) is 15.1 Å². The quantitative estimate of drug-likeness (QED) is 0.866. The number of hydrogen-bond donors (Lipinski definition) is 1. The molecular formula is C19H31N3O2. The smallest absolute Gasteiger partial charge is 0.237 e. The second-order valence-corrected chi connectivity index (χ2v) is 7.61. The SMILES string of the molecule is CCCN1CC2(CCN(C)CC2)C[C@H]1C(=O)NCCc1ccco1. The number of likely N-dealkylation sites (tertiary alicyclic amines) is 2. The van der Waals surface area contributed by atoms with Gasteiger partial charge in [0.25, 0.3) is 0 Å². The molecule has 0 aromatic carbocycles. The molecule has 5 heteroatoms. The Morgan fingerprint density at radius 2 is 2.21 bits per heavy atom. The summed E-state index contributed by atoms with van der Waals surface area (Å²) in [4.78, 5) is 17.6. The molecule has 1 amide bonds. The average molecular weight is 333 g/mol. The van der Waals surface area contributed by atoms with Gasteiger partial charge in [-0.05, 0) is 69.9 Å². The number of rotatable bonds is 6. The number of carbonyl (C=O) groups excluding carboxylic acids is 1. The Labute approximate surface area is 145 Å². The second-order valence-electron chi connectivity index (χ2n) is 7.61. The van der Waals surface area contributed by atoms with Gasteiger partial charge >= 0.3 is 0 Å². The first-order chi connectivity index (χ1) is 11.6. The number of piperidine rings is 1. The maximum absolute atomic E-state index is 12.8. The molecule has 5 nitrogen and oxygen atoms in total. The molecule has 3 rings (SSSR count). The Morgan fingerprint density at radius 3 is 2.88 bits per heavy atom. The molecule has 2 fully saturated rings. The lowest BCUT2D eigenvalue weighted by molar-refractivity contribution is -0.125. The zero-order chi connectivity index (χ0) is 17.0. The van der Waals surface area contributed by atoms with Crippen molar-refractivity contribution in [2.45, 2.75) is 45.1 Å². The highest BCUT2D eigenvalue weighted by atomic mass is 16.3. The van der Waals surface area contributed by atoms with E-state index in [1.54, 1.807) is 6.26 Å². The van der Waals surface area contributed by atoms with Gasteiger partial charge in [0.1, 0.15) is 5.76 Å². The van der Waals surface area contributed by atoms with Crippen LogP contribution in [-0.2, 0) is 11.2 Å². The van der Waals surface area contributed by atoms with E-state index in [1.165, 1.54) is 12.8 Å². The zero-order valence-corrected chi connectivity index (χ0v) is 15.1. The van der Waals surface area contributed by atoms with Crippen LogP contribution >= 0.6 is 0 Å². The van der Waals surface area contributed by atoms with E-state index in [2.05, 4.69) is 29.1 Å². The molecule has 3 heterocycles. The number of hydrogen-bond acceptors (Lipinski definition) is 4. The number of nitrogens with zero attached hydrogens (tertiary/aromatic N) is 2. The highest BCUT2D eigenvalue weighted by Gasteiger charge is 2.47. The van der Waals surface area contributed by atoms with Crippen LogP contribution in [0.5, 0.6) is 0 Å². The van der Waals surface area contributed by atoms with Crippen LogP contribution in [0.2, 0.25) is 0 Å². The van der Waals surface area contributed by atoms with Crippen LogP contribution in [0.15, 0.2) is 22.8 Å². The van der Waals surface area contributed by atoms with Crippen molar-refractivity contribution in [2.24, 2.45) is 5.41 Å². The predicted molar refractivity (Wildman–Crippen MR) is 94.9 cm³/mol. The molecule has 2 aliphatic rings. The zero-order valence-electron chi connectivity index (χ0n) is 15.1. The van der Waals surface area contributed by atoms with Crippen molar-refractivity contribution >= 4 is 5.91 Å². The third-order valence-corrected chi connectivity index (χ3v) is 5.72. The van der Waals surface area contributed by atoms with E-state index in [9.17, 15) is 4.79 Å². The van der Waals surface area contributed by atoms with Crippen molar-refractivity contribution in [3.8, 4) is 0 Å². The number of carbonyl (C=O) groups is 1. The molecule has 24 heavy (non-hydrogen) atoms. The number of nitrogens with one attached hydrogen (secondary N) is 1. The van der Waals surface area contributed by atoms with Crippen molar-refractivity contribution in [1.29, 1.82) is 0 Å². The highest BCUT2D eigenvalue weighted by molar-refractivity contribution is 5.82. The van der Waals surface area contributed by atoms with Crippen LogP contribution in [0, 0.1) is 5.41 Å². The summed E-state index contributed by atoms with van der Waals surface area (Å²) in [5.74, 6) is 1.13. The largest absolute Gasteiger partial charge is 0.469 e. The van der Waals surface area contributed by atoms with Crippen LogP contribution in [0.25, 0.3) is 0 Å². The van der Waals surface area contributed by atoms with E-state index in [-0.39, 0.29) is 11.9 Å². The summed E-state index contributed by atoms with van der Waals surface area (Å²) < 4.78 is 5.33. The molecule has 0 bridgehead atoms. The van der Waals surface area contributed by atoms with Crippen molar-refractivity contribution in [2.75, 3.05) is 39.8 Å². The molecule has 0 unspecified atom stereocenters. The van der Waals surface area contributed by atoms with Gasteiger partial charge in [0.2, 0.25) is 5.91 Å². The van der Waals surface area contributed by atoms with E-state index >= 15 is 0 Å². The molecule has 1 aromatic rings. The molecule has 0 radical (unpaired) electrons. The molecule has 1 N–H and O–H groups in total. The Balaban J connectivity index is 1.56. The normalized spacial score (nSPS) is 24.5. The fourth-order valence-corrected chi connectivity index (χ4v) is 4.26. The standard InChI is InChI=1S/C19H31N3O2/c1-3-10-22-15-19(7-11-21(2)12-8-19)14-17(22)18(23)20-9-6-16-5-4-13-24-16/h4-5,13,17H,3,6-12,14-15H2,1-2H3,(H,20,23)/t17-/m0/s1. The lowest BCUT2D eigenvalue weighted by Gasteiger charge is -2.37. The van der Waals surface area contributed by atoms with Gasteiger partial charge in [-0.1, -0.05) is 6.92 Å². The van der Waals surface area contributed by atoms with Crippen LogP contribution in [-0.4, -0.2) is 61.5 Å². The van der Waals surface area contributed by atoms with Gasteiger partial charge in [-0.3, -0.25) is 9.69 Å². The summed E-state index contributed by atoms with van der Waals surface area (Å²) in [6.45, 7) is 7.28. The summed E-state index contributed by atoms with van der Waals surface area (Å²) in [5.41, 5.74) is 0.352. The minimum atomic E-state index is 0.0463. The molecule has 1 spiro atoms. The van der Waals surface area contributed by atoms with Crippen molar-refractivity contribution in [3.05, 3.63) is 24.2 Å². The summed E-state index contributed by atoms with van der Waals surface area (Å²) in [7, 11) is 2.20. The number of furan rings is 1. The maximum atomic E-state index is 12.8. The first-order valence-corrected chi connectivity index (χ1v) is 9.34. The molecule has 134 valence electrons. The summed E-state index contributed by atoms with van der Waals surface area (Å²) in [6.07, 6.45) is 7.01. The van der Waals surface area contributed by atoms with Crippen LogP contribution in [0.4, 0.5) is 0 Å². The third-order valence-electron chi connectivity index (χ3n) is 5.72. The first-order valence-electron chi connectivity index (χ1n) is 9.34. The summed E-state index contributed by atoms with van der Waals surface area (Å²) in [6, 6.07) is 3.89. The molecule has 1 aromatic heterocycles. The van der Waals surface area contributed by atoms with Gasteiger partial charge in [0.15, 0.2) is 0 Å². The first kappa shape index (κ1) is 17.5. The van der Waals surface area contributed by atoms with Gasteiger partial charge < -0.3 is 14.6 Å². The van der Waals surface area contributed by atoms with Gasteiger partial charge in [-0.15, -0.1) is 0 Å². The minimum absolute atomic E-state index is 0.0463. The molecule has 2 aliphatic heterocycles. The molecule has 0 saturated carbocycles. The monoisotopic (exact) mass is 333 g/mol. The van der Waals surface area contributed by atoms with E-state index in [4.69, 9.17) is 4.42 Å². The topological polar surface area (TPSA) is 48.7 Å². The lowest BCUT2D eigenvalue weighted by atomic mass is 9.76. The van der Waals surface area contributed by atoms with Crippen molar-refractivity contribution in [3.63, 3.8) is 0 Å². The average Bonchev–Trinajstić information content (AvgIpc) is 3.20. The van der Waals surface area contributed by atoms with E-state index < -0.39 is 0 Å². The van der Waals surface area contributed by atoms with Crippen LogP contribution in [0.3, 0.4) is 0 Å². The number of amides is 1. The lowest BCUT2D eigenvalue weighted by Crippen LogP contribution is -2.44. The van der Waals surface area contributed by atoms with Gasteiger partial charge in [0.05, 0.1) is 12.3 Å². The summed E-state index contributed by atoms with van der Waals surface area (Å²) in [5, 5.41) is 3.13. The highest BCUT2D eigenvalue weighted by Crippen LogP contribution is 2.43.